The van der Waals surface area contributed by atoms with Crippen LogP contribution in [0.3, 0.4) is 0 Å². The highest BCUT2D eigenvalue weighted by atomic mass is 35.5. The van der Waals surface area contributed by atoms with Crippen molar-refractivity contribution >= 4 is 11.6 Å². The predicted molar refractivity (Wildman–Crippen MR) is 66.8 cm³/mol. The third-order valence-corrected chi connectivity index (χ3v) is 2.94. The van der Waals surface area contributed by atoms with E-state index in [1.165, 1.54) is 5.56 Å². The van der Waals surface area contributed by atoms with Crippen molar-refractivity contribution < 1.29 is 0 Å². The van der Waals surface area contributed by atoms with Crippen molar-refractivity contribution in [3.63, 3.8) is 0 Å². The van der Waals surface area contributed by atoms with Gasteiger partial charge in [0, 0.05) is 12.1 Å². The third-order valence-electron chi connectivity index (χ3n) is 2.70. The quantitative estimate of drug-likeness (QED) is 0.834. The fraction of sp³-hybridized carbons (Fsp3) is 0.231. The zero-order valence-corrected chi connectivity index (χ0v) is 10.3. The van der Waals surface area contributed by atoms with Gasteiger partial charge in [0.25, 0.3) is 0 Å². The summed E-state index contributed by atoms with van der Waals surface area (Å²) < 4.78 is 1.89. The molecule has 1 aromatic heterocycles. The molecule has 3 nitrogen and oxygen atoms in total. The minimum atomic E-state index is 0.509. The lowest BCUT2D eigenvalue weighted by atomic mass is 10.1. The highest BCUT2D eigenvalue weighted by Crippen LogP contribution is 2.14. The highest BCUT2D eigenvalue weighted by Gasteiger charge is 2.08. The number of aromatic nitrogens is 2. The largest absolute Gasteiger partial charge is 0.336 e. The first-order valence-corrected chi connectivity index (χ1v) is 5.73. The Bertz CT molecular complexity index is 566. The molecule has 0 atom stereocenters. The molecular weight excluding hydrogens is 234 g/mol. The summed E-state index contributed by atoms with van der Waals surface area (Å²) in [6.07, 6.45) is 3.32. The molecule has 17 heavy (non-hydrogen) atoms. The first kappa shape index (κ1) is 11.7. The molecule has 0 saturated carbocycles. The molecule has 0 spiro atoms. The molecule has 0 bridgehead atoms. The molecule has 0 saturated heterocycles. The van der Waals surface area contributed by atoms with Gasteiger partial charge in [0.15, 0.2) is 5.69 Å². The lowest BCUT2D eigenvalue weighted by Gasteiger charge is -2.04. The van der Waals surface area contributed by atoms with E-state index in [1.807, 2.05) is 35.9 Å². The van der Waals surface area contributed by atoms with Gasteiger partial charge in [0.2, 0.25) is 0 Å². The number of benzene rings is 1. The monoisotopic (exact) mass is 245 g/mol. The van der Waals surface area contributed by atoms with Crippen LogP contribution in [0.4, 0.5) is 0 Å². The predicted octanol–water partition coefficient (Wildman–Crippen LogP) is 2.73. The molecule has 86 valence electrons. The summed E-state index contributed by atoms with van der Waals surface area (Å²) in [5.41, 5.74) is 2.64. The van der Waals surface area contributed by atoms with Gasteiger partial charge in [-0.05, 0) is 30.5 Å². The van der Waals surface area contributed by atoms with Crippen LogP contribution < -0.4 is 0 Å². The lowest BCUT2D eigenvalue weighted by molar-refractivity contribution is 0.796. The van der Waals surface area contributed by atoms with E-state index in [0.717, 1.165) is 23.6 Å². The maximum Gasteiger partial charge on any atom is 0.161 e. The lowest BCUT2D eigenvalue weighted by Crippen LogP contribution is -2.00. The topological polar surface area (TPSA) is 41.6 Å². The Kier molecular flexibility index (Phi) is 3.46. The number of rotatable bonds is 3. The van der Waals surface area contributed by atoms with Crippen LogP contribution in [0.15, 0.2) is 30.6 Å². The van der Waals surface area contributed by atoms with Gasteiger partial charge >= 0.3 is 0 Å². The third kappa shape index (κ3) is 2.66. The number of hydrogen-bond acceptors (Lipinski definition) is 2. The smallest absolute Gasteiger partial charge is 0.161 e. The zero-order valence-electron chi connectivity index (χ0n) is 9.52. The standard InChI is InChI=1S/C13H12ClN3/c1-17-9-16-12(8-15)13(17)6-5-10-3-2-4-11(14)7-10/h2-4,7,9H,5-6H2,1H3. The molecule has 1 aromatic carbocycles. The number of aryl methyl sites for hydroxylation is 2. The molecule has 2 aromatic rings. The minimum absolute atomic E-state index is 0.509. The van der Waals surface area contributed by atoms with E-state index < -0.39 is 0 Å². The Morgan fingerprint density at radius 2 is 2.24 bits per heavy atom. The van der Waals surface area contributed by atoms with E-state index in [0.29, 0.717) is 5.69 Å². The fourth-order valence-corrected chi connectivity index (χ4v) is 2.01. The number of halogens is 1. The van der Waals surface area contributed by atoms with Gasteiger partial charge in [-0.1, -0.05) is 23.7 Å². The zero-order chi connectivity index (χ0) is 12.3. The van der Waals surface area contributed by atoms with Gasteiger partial charge in [-0.15, -0.1) is 0 Å². The second-order valence-electron chi connectivity index (χ2n) is 3.89. The van der Waals surface area contributed by atoms with Crippen LogP contribution in [0.2, 0.25) is 5.02 Å². The normalized spacial score (nSPS) is 10.2. The molecule has 0 radical (unpaired) electrons. The molecule has 0 aliphatic carbocycles. The van der Waals surface area contributed by atoms with Crippen LogP contribution in [0.1, 0.15) is 17.0 Å². The van der Waals surface area contributed by atoms with E-state index in [4.69, 9.17) is 16.9 Å². The van der Waals surface area contributed by atoms with Crippen molar-refractivity contribution in [1.82, 2.24) is 9.55 Å². The summed E-state index contributed by atoms with van der Waals surface area (Å²) in [6, 6.07) is 9.88. The van der Waals surface area contributed by atoms with Gasteiger partial charge in [-0.2, -0.15) is 5.26 Å². The second-order valence-corrected chi connectivity index (χ2v) is 4.33. The van der Waals surface area contributed by atoms with E-state index in [9.17, 15) is 0 Å². The Balaban J connectivity index is 2.13. The fourth-order valence-electron chi connectivity index (χ4n) is 1.80. The van der Waals surface area contributed by atoms with Crippen molar-refractivity contribution in [2.75, 3.05) is 0 Å². The van der Waals surface area contributed by atoms with Gasteiger partial charge in [-0.3, -0.25) is 0 Å². The van der Waals surface area contributed by atoms with Gasteiger partial charge in [0.1, 0.15) is 6.07 Å². The van der Waals surface area contributed by atoms with Gasteiger partial charge in [0.05, 0.1) is 12.0 Å². The maximum absolute atomic E-state index is 8.93. The van der Waals surface area contributed by atoms with Crippen LogP contribution in [0, 0.1) is 11.3 Å². The molecule has 0 unspecified atom stereocenters. The average Bonchev–Trinajstić information content (AvgIpc) is 2.67. The number of nitrogens with zero attached hydrogens (tertiary/aromatic N) is 3. The Labute approximate surface area is 105 Å². The van der Waals surface area contributed by atoms with Crippen LogP contribution in [-0.2, 0) is 19.9 Å². The first-order valence-electron chi connectivity index (χ1n) is 5.35. The van der Waals surface area contributed by atoms with E-state index >= 15 is 0 Å². The molecule has 0 amide bonds. The van der Waals surface area contributed by atoms with Crippen molar-refractivity contribution in [2.45, 2.75) is 12.8 Å². The Morgan fingerprint density at radius 3 is 2.94 bits per heavy atom. The number of nitriles is 1. The van der Waals surface area contributed by atoms with E-state index in [2.05, 4.69) is 11.1 Å². The van der Waals surface area contributed by atoms with E-state index in [-0.39, 0.29) is 0 Å². The minimum Gasteiger partial charge on any atom is -0.336 e. The molecule has 0 fully saturated rings. The van der Waals surface area contributed by atoms with Crippen molar-refractivity contribution in [3.05, 3.63) is 52.6 Å². The second kappa shape index (κ2) is 5.03. The average molecular weight is 246 g/mol. The Morgan fingerprint density at radius 1 is 1.41 bits per heavy atom. The van der Waals surface area contributed by atoms with Crippen LogP contribution in [0.5, 0.6) is 0 Å². The van der Waals surface area contributed by atoms with Gasteiger partial charge < -0.3 is 4.57 Å². The van der Waals surface area contributed by atoms with Crippen LogP contribution >= 0.6 is 11.6 Å². The molecule has 0 aliphatic heterocycles. The molecule has 1 heterocycles. The highest BCUT2D eigenvalue weighted by molar-refractivity contribution is 6.30. The van der Waals surface area contributed by atoms with Crippen molar-refractivity contribution in [1.29, 1.82) is 5.26 Å². The maximum atomic E-state index is 8.93. The molecule has 4 heteroatoms. The Hall–Kier alpha value is -1.79. The molecule has 0 aliphatic rings. The summed E-state index contributed by atoms with van der Waals surface area (Å²) in [5.74, 6) is 0. The number of imidazole rings is 1. The number of hydrogen-bond donors (Lipinski definition) is 0. The van der Waals surface area contributed by atoms with Crippen LogP contribution in [0.25, 0.3) is 0 Å². The van der Waals surface area contributed by atoms with Crippen molar-refractivity contribution in [2.24, 2.45) is 7.05 Å². The van der Waals surface area contributed by atoms with Crippen molar-refractivity contribution in [3.8, 4) is 6.07 Å². The summed E-state index contributed by atoms with van der Waals surface area (Å²) in [6.45, 7) is 0. The molecule has 2 rings (SSSR count). The first-order chi connectivity index (χ1) is 8.20. The van der Waals surface area contributed by atoms with Gasteiger partial charge in [-0.25, -0.2) is 4.98 Å². The van der Waals surface area contributed by atoms with Crippen LogP contribution in [-0.4, -0.2) is 9.55 Å². The molecular formula is C13H12ClN3. The van der Waals surface area contributed by atoms with E-state index in [1.54, 1.807) is 6.33 Å². The summed E-state index contributed by atoms with van der Waals surface area (Å²) in [5, 5.41) is 9.67. The summed E-state index contributed by atoms with van der Waals surface area (Å²) >= 11 is 5.93. The SMILES string of the molecule is Cn1cnc(C#N)c1CCc1cccc(Cl)c1. The summed E-state index contributed by atoms with van der Waals surface area (Å²) in [4.78, 5) is 4.04. The molecule has 0 N–H and O–H groups in total. The summed E-state index contributed by atoms with van der Waals surface area (Å²) in [7, 11) is 1.90.